The van der Waals surface area contributed by atoms with Crippen molar-refractivity contribution in [2.75, 3.05) is 14.2 Å². The molecular formula is C54H64N8O6. The van der Waals surface area contributed by atoms with Gasteiger partial charge in [0.05, 0.1) is 38.2 Å². The number of alkyl carbamates (subject to hydrolysis) is 1. The van der Waals surface area contributed by atoms with Crippen LogP contribution >= 0.6 is 0 Å². The second-order valence-corrected chi connectivity index (χ2v) is 19.6. The summed E-state index contributed by atoms with van der Waals surface area (Å²) in [5.41, 5.74) is 6.03. The highest BCUT2D eigenvalue weighted by Crippen LogP contribution is 2.49. The monoisotopic (exact) mass is 920 g/mol. The van der Waals surface area contributed by atoms with Crippen LogP contribution in [0.4, 0.5) is 4.79 Å². The summed E-state index contributed by atoms with van der Waals surface area (Å²) in [6, 6.07) is 26.3. The Hall–Kier alpha value is -6.28. The quantitative estimate of drug-likeness (QED) is 0.0454. The number of nitrogens with zero attached hydrogens (tertiary/aromatic N) is 5. The number of hydrogen-bond acceptors (Lipinski definition) is 9. The molecule has 0 spiro atoms. The van der Waals surface area contributed by atoms with Crippen LogP contribution < -0.4 is 5.32 Å². The van der Waals surface area contributed by atoms with E-state index < -0.39 is 18.2 Å². The van der Waals surface area contributed by atoms with Gasteiger partial charge in [-0.25, -0.2) is 19.8 Å². The minimum Gasteiger partial charge on any atom is -0.453 e. The Labute approximate surface area is 398 Å². The number of H-pyrrole nitrogens is 2. The first-order chi connectivity index (χ1) is 33.4. The number of hydrogen-bond donors (Lipinski definition) is 3. The highest BCUT2D eigenvalue weighted by molar-refractivity contribution is 5.88. The van der Waals surface area contributed by atoms with E-state index in [-0.39, 0.29) is 36.0 Å². The summed E-state index contributed by atoms with van der Waals surface area (Å²) in [6.45, 7) is 0. The zero-order valence-corrected chi connectivity index (χ0v) is 39.2. The van der Waals surface area contributed by atoms with Gasteiger partial charge in [0.2, 0.25) is 6.40 Å². The summed E-state index contributed by atoms with van der Waals surface area (Å²) in [4.78, 5) is 77.5. The number of aliphatic imine (C=N–C) groups is 1. The number of imidazole rings is 2. The first-order valence-electron chi connectivity index (χ1n) is 24.9. The number of benzene rings is 3. The van der Waals surface area contributed by atoms with Crippen LogP contribution in [0.15, 0.2) is 102 Å². The molecule has 3 aromatic carbocycles. The van der Waals surface area contributed by atoms with Crippen molar-refractivity contribution in [3.63, 3.8) is 0 Å². The number of rotatable bonds is 13. The number of likely N-dealkylation sites (tertiary alicyclic amines) is 2. The molecule has 14 heteroatoms. The van der Waals surface area contributed by atoms with Gasteiger partial charge in [0, 0.05) is 29.9 Å². The number of aromatic amines is 2. The molecule has 10 rings (SSSR count). The van der Waals surface area contributed by atoms with E-state index in [0.29, 0.717) is 23.7 Å². The number of fused-ring (bicyclic) bond motifs is 2. The van der Waals surface area contributed by atoms with E-state index in [1.807, 2.05) is 78.0 Å². The van der Waals surface area contributed by atoms with E-state index in [2.05, 4.69) is 49.4 Å². The minimum absolute atomic E-state index is 0.0509. The van der Waals surface area contributed by atoms with Gasteiger partial charge < -0.3 is 34.7 Å². The molecule has 3 amide bonds. The number of carbonyl (C=O) groups excluding carboxylic acids is 3. The average molecular weight is 921 g/mol. The van der Waals surface area contributed by atoms with Crippen molar-refractivity contribution in [3.8, 4) is 11.3 Å². The molecule has 68 heavy (non-hydrogen) atoms. The molecule has 4 heterocycles. The van der Waals surface area contributed by atoms with Gasteiger partial charge in [-0.05, 0) is 104 Å². The van der Waals surface area contributed by atoms with Crippen LogP contribution in [-0.4, -0.2) is 80.3 Å². The van der Waals surface area contributed by atoms with Gasteiger partial charge in [0.15, 0.2) is 6.04 Å². The Bertz CT molecular complexity index is 2520. The maximum atomic E-state index is 14.6. The molecule has 3 saturated carbocycles. The molecule has 8 atom stereocenters. The number of ether oxygens (including phenoxy) is 1. The van der Waals surface area contributed by atoms with Crippen LogP contribution in [0.3, 0.4) is 0 Å². The fraction of sp³-hybridized carbons (Fsp3) is 0.481. The van der Waals surface area contributed by atoms with Gasteiger partial charge in [-0.15, -0.1) is 0 Å². The Morgan fingerprint density at radius 1 is 0.676 bits per heavy atom. The van der Waals surface area contributed by atoms with Gasteiger partial charge >= 0.3 is 6.09 Å². The molecule has 3 aliphatic carbocycles. The minimum atomic E-state index is -0.852. The third kappa shape index (κ3) is 9.31. The second-order valence-electron chi connectivity index (χ2n) is 19.6. The number of carbonyl (C=O) groups is 3. The van der Waals surface area contributed by atoms with Crippen LogP contribution in [0.5, 0.6) is 0 Å². The van der Waals surface area contributed by atoms with Crippen molar-refractivity contribution >= 4 is 24.3 Å². The molecule has 0 radical (unpaired) electrons. The van der Waals surface area contributed by atoms with E-state index in [4.69, 9.17) is 24.5 Å². The van der Waals surface area contributed by atoms with Crippen molar-refractivity contribution < 1.29 is 28.9 Å². The molecule has 2 saturated heterocycles. The summed E-state index contributed by atoms with van der Waals surface area (Å²) in [5.74, 6) is 3.13. The fourth-order valence-electron chi connectivity index (χ4n) is 12.6. The SMILES string of the molecule is COO/C=N\[C@@H](C(=O)N1[C@H](c2ncc(-c3ccc([C@H]4CC[C@H](c5cnc([C@@H]6C[C@@H]7CCCC[C@@H]7N6C(=O)[C@H](NC(=O)OC)c6ccccc6)[nH]5)CC4)cc3)[nH]2)C[C@@H]2CCCC[C@@H]21)c1ccccc1. The molecule has 5 aliphatic rings. The summed E-state index contributed by atoms with van der Waals surface area (Å²) >= 11 is 0. The molecule has 14 nitrogen and oxygen atoms in total. The summed E-state index contributed by atoms with van der Waals surface area (Å²) < 4.78 is 4.97. The third-order valence-corrected chi connectivity index (χ3v) is 15.9. The predicted molar refractivity (Wildman–Crippen MR) is 257 cm³/mol. The Morgan fingerprint density at radius 3 is 1.88 bits per heavy atom. The second kappa shape index (κ2) is 20.5. The van der Waals surface area contributed by atoms with Crippen LogP contribution in [0.1, 0.15) is 160 Å². The van der Waals surface area contributed by atoms with Gasteiger partial charge in [-0.1, -0.05) is 111 Å². The van der Waals surface area contributed by atoms with Gasteiger partial charge in [0.1, 0.15) is 17.7 Å². The Morgan fingerprint density at radius 2 is 1.25 bits per heavy atom. The molecule has 356 valence electrons. The van der Waals surface area contributed by atoms with Crippen LogP contribution in [-0.2, 0) is 24.1 Å². The normalized spacial score (nSPS) is 26.7. The van der Waals surface area contributed by atoms with Gasteiger partial charge in [-0.2, -0.15) is 4.89 Å². The molecule has 5 aromatic rings. The van der Waals surface area contributed by atoms with E-state index in [9.17, 15) is 14.4 Å². The van der Waals surface area contributed by atoms with Crippen molar-refractivity contribution in [2.45, 2.75) is 138 Å². The van der Waals surface area contributed by atoms with Gasteiger partial charge in [-0.3, -0.25) is 9.59 Å². The van der Waals surface area contributed by atoms with E-state index in [0.717, 1.165) is 117 Å². The third-order valence-electron chi connectivity index (χ3n) is 15.9. The highest BCUT2D eigenvalue weighted by atomic mass is 17.2. The highest BCUT2D eigenvalue weighted by Gasteiger charge is 2.49. The molecular weight excluding hydrogens is 857 g/mol. The number of nitrogens with one attached hydrogen (secondary N) is 3. The molecule has 0 unspecified atom stereocenters. The number of amides is 3. The summed E-state index contributed by atoms with van der Waals surface area (Å²) in [6.07, 6.45) is 19.1. The first-order valence-corrected chi connectivity index (χ1v) is 24.9. The maximum Gasteiger partial charge on any atom is 0.407 e. The standard InChI is InChI=1S/C54H64N8O6/c1-66-54(65)60-49(39-15-7-4-8-16-39)53(64)62-45-20-12-10-18-41(45)30-47(62)51-56-32-43(59-51)37-27-23-35(24-28-37)34-21-25-36(26-22-34)42-31-55-50(58-42)46-29-40-17-9-11-19-44(40)61(46)52(63)48(57-33-68-67-2)38-13-5-3-6-14-38/h3-8,13-16,21-22,25-26,31-33,35,37,40-41,44-49H,9-12,17-20,23-24,27-30H2,1-2H3,(H,55,58)(H,56,59)(H,60,65)/b57-33-/t35-,37-,40-,41-,44-,45-,46-,47-,48+,49+/m0/s1. The van der Waals surface area contributed by atoms with E-state index in [1.165, 1.54) is 39.0 Å². The zero-order valence-electron chi connectivity index (χ0n) is 39.2. The van der Waals surface area contributed by atoms with Crippen LogP contribution in [0.2, 0.25) is 0 Å². The Balaban J connectivity index is 0.804. The largest absolute Gasteiger partial charge is 0.453 e. The van der Waals surface area contributed by atoms with Crippen molar-refractivity contribution in [1.82, 2.24) is 35.1 Å². The smallest absolute Gasteiger partial charge is 0.407 e. The molecule has 0 bridgehead atoms. The lowest BCUT2D eigenvalue weighted by molar-refractivity contribution is -0.188. The lowest BCUT2D eigenvalue weighted by Crippen LogP contribution is -2.47. The summed E-state index contributed by atoms with van der Waals surface area (Å²) in [5, 5.41) is 2.84. The summed E-state index contributed by atoms with van der Waals surface area (Å²) in [7, 11) is 2.74. The maximum absolute atomic E-state index is 14.6. The lowest BCUT2D eigenvalue weighted by Gasteiger charge is -2.36. The lowest BCUT2D eigenvalue weighted by atomic mass is 9.77. The molecule has 2 aromatic heterocycles. The predicted octanol–water partition coefficient (Wildman–Crippen LogP) is 10.4. The topological polar surface area (TPSA) is 167 Å². The zero-order chi connectivity index (χ0) is 46.6. The van der Waals surface area contributed by atoms with E-state index >= 15 is 0 Å². The van der Waals surface area contributed by atoms with Crippen LogP contribution in [0.25, 0.3) is 11.3 Å². The van der Waals surface area contributed by atoms with E-state index in [1.54, 1.807) is 0 Å². The van der Waals surface area contributed by atoms with Crippen molar-refractivity contribution in [1.29, 1.82) is 0 Å². The number of methoxy groups -OCH3 is 1. The molecule has 2 aliphatic heterocycles. The van der Waals surface area contributed by atoms with Crippen LogP contribution in [0, 0.1) is 11.8 Å². The Kier molecular flexibility index (Phi) is 13.7. The number of aromatic nitrogens is 4. The van der Waals surface area contributed by atoms with Gasteiger partial charge in [0.25, 0.3) is 11.8 Å². The fourth-order valence-corrected chi connectivity index (χ4v) is 12.6. The first kappa shape index (κ1) is 45.5. The molecule has 3 N–H and O–H groups in total. The molecule has 5 fully saturated rings. The van der Waals surface area contributed by atoms with Crippen molar-refractivity contribution in [3.05, 3.63) is 131 Å². The average Bonchev–Trinajstić information content (AvgIpc) is 4.23. The van der Waals surface area contributed by atoms with Crippen molar-refractivity contribution in [2.24, 2.45) is 16.8 Å².